The van der Waals surface area contributed by atoms with Crippen molar-refractivity contribution in [3.05, 3.63) is 59.9 Å². The summed E-state index contributed by atoms with van der Waals surface area (Å²) in [7, 11) is 0. The summed E-state index contributed by atoms with van der Waals surface area (Å²) in [6, 6.07) is 13.0. The molecule has 0 radical (unpaired) electrons. The first-order valence-electron chi connectivity index (χ1n) is 8.03. The molecule has 7 nitrogen and oxygen atoms in total. The molecule has 0 aliphatic rings. The van der Waals surface area contributed by atoms with Crippen LogP contribution in [0.3, 0.4) is 0 Å². The second kappa shape index (κ2) is 7.73. The van der Waals surface area contributed by atoms with Gasteiger partial charge in [-0.25, -0.2) is 9.07 Å². The Hall–Kier alpha value is -3.29. The number of para-hydroxylation sites is 1. The first kappa shape index (κ1) is 17.5. The van der Waals surface area contributed by atoms with Gasteiger partial charge < -0.3 is 10.1 Å². The lowest BCUT2D eigenvalue weighted by atomic mass is 10.2. The fraction of sp³-hybridized carbons (Fsp3) is 0.222. The van der Waals surface area contributed by atoms with E-state index >= 15 is 0 Å². The first-order valence-corrected chi connectivity index (χ1v) is 8.03. The zero-order valence-electron chi connectivity index (χ0n) is 14.1. The molecule has 1 aromatic heterocycles. The number of halogens is 1. The van der Waals surface area contributed by atoms with E-state index in [0.29, 0.717) is 11.0 Å². The molecule has 26 heavy (non-hydrogen) atoms. The Labute approximate surface area is 148 Å². The Morgan fingerprint density at radius 2 is 1.92 bits per heavy atom. The van der Waals surface area contributed by atoms with Gasteiger partial charge in [-0.1, -0.05) is 29.5 Å². The lowest BCUT2D eigenvalue weighted by molar-refractivity contribution is -0.155. The molecule has 0 fully saturated rings. The van der Waals surface area contributed by atoms with Gasteiger partial charge in [0, 0.05) is 6.54 Å². The molecule has 1 amide bonds. The number of benzene rings is 2. The van der Waals surface area contributed by atoms with Gasteiger partial charge in [-0.3, -0.25) is 9.59 Å². The van der Waals surface area contributed by atoms with Crippen LogP contribution in [0.15, 0.2) is 48.5 Å². The number of esters is 1. The van der Waals surface area contributed by atoms with Gasteiger partial charge in [0.15, 0.2) is 6.10 Å². The molecule has 8 heteroatoms. The minimum Gasteiger partial charge on any atom is -0.451 e. The zero-order chi connectivity index (χ0) is 18.5. The van der Waals surface area contributed by atoms with Crippen LogP contribution in [-0.2, 0) is 27.4 Å². The molecule has 2 aromatic carbocycles. The predicted octanol–water partition coefficient (Wildman–Crippen LogP) is 1.82. The molecule has 1 heterocycles. The van der Waals surface area contributed by atoms with Crippen LogP contribution in [0.2, 0.25) is 0 Å². The summed E-state index contributed by atoms with van der Waals surface area (Å²) in [6.07, 6.45) is -0.960. The maximum absolute atomic E-state index is 12.9. The molecule has 0 aliphatic carbocycles. The van der Waals surface area contributed by atoms with Crippen LogP contribution >= 0.6 is 0 Å². The van der Waals surface area contributed by atoms with Crippen LogP contribution in [0.1, 0.15) is 12.5 Å². The molecule has 0 aliphatic heterocycles. The second-order valence-corrected chi connectivity index (χ2v) is 5.71. The van der Waals surface area contributed by atoms with Crippen LogP contribution in [0.5, 0.6) is 0 Å². The van der Waals surface area contributed by atoms with Gasteiger partial charge >= 0.3 is 5.97 Å². The van der Waals surface area contributed by atoms with E-state index in [0.717, 1.165) is 5.56 Å². The van der Waals surface area contributed by atoms with E-state index in [1.165, 1.54) is 23.7 Å². The summed E-state index contributed by atoms with van der Waals surface area (Å²) in [6.45, 7) is 1.56. The van der Waals surface area contributed by atoms with Crippen LogP contribution in [0.4, 0.5) is 4.39 Å². The molecule has 0 saturated carbocycles. The van der Waals surface area contributed by atoms with Crippen molar-refractivity contribution < 1.29 is 18.7 Å². The number of hydrogen-bond acceptors (Lipinski definition) is 5. The Morgan fingerprint density at radius 1 is 1.19 bits per heavy atom. The molecule has 1 N–H and O–H groups in total. The normalized spacial score (nSPS) is 11.9. The number of ether oxygens (including phenoxy) is 1. The number of carbonyl (C=O) groups excluding carboxylic acids is 2. The summed E-state index contributed by atoms with van der Waals surface area (Å²) in [5.74, 6) is -1.38. The summed E-state index contributed by atoms with van der Waals surface area (Å²) >= 11 is 0. The molecule has 1 unspecified atom stereocenters. The van der Waals surface area contributed by atoms with Crippen molar-refractivity contribution in [2.75, 3.05) is 0 Å². The molecule has 0 saturated heterocycles. The van der Waals surface area contributed by atoms with E-state index in [-0.39, 0.29) is 18.9 Å². The van der Waals surface area contributed by atoms with Crippen molar-refractivity contribution in [2.24, 2.45) is 0 Å². The van der Waals surface area contributed by atoms with E-state index in [1.807, 2.05) is 12.1 Å². The standard InChI is InChI=1S/C18H17FN4O3/c1-12(18(25)20-10-13-6-8-14(19)9-7-13)26-17(24)11-23-16-5-3-2-4-15(16)21-22-23/h2-9,12H,10-11H2,1H3,(H,20,25). The van der Waals surface area contributed by atoms with E-state index in [2.05, 4.69) is 15.6 Å². The number of rotatable bonds is 6. The van der Waals surface area contributed by atoms with Gasteiger partial charge in [-0.2, -0.15) is 0 Å². The largest absolute Gasteiger partial charge is 0.451 e. The Kier molecular flexibility index (Phi) is 5.21. The van der Waals surface area contributed by atoms with E-state index in [4.69, 9.17) is 4.74 Å². The van der Waals surface area contributed by atoms with Crippen LogP contribution in [0, 0.1) is 5.82 Å². The van der Waals surface area contributed by atoms with Crippen molar-refractivity contribution >= 4 is 22.9 Å². The van der Waals surface area contributed by atoms with Gasteiger partial charge in [0.2, 0.25) is 0 Å². The number of hydrogen-bond donors (Lipinski definition) is 1. The zero-order valence-corrected chi connectivity index (χ0v) is 14.1. The summed E-state index contributed by atoms with van der Waals surface area (Å²) in [5.41, 5.74) is 2.12. The molecule has 3 aromatic rings. The summed E-state index contributed by atoms with van der Waals surface area (Å²) < 4.78 is 19.4. The SMILES string of the molecule is CC(OC(=O)Cn1nnc2ccccc21)C(=O)NCc1ccc(F)cc1. The third-order valence-electron chi connectivity index (χ3n) is 3.76. The third kappa shape index (κ3) is 4.21. The molecule has 0 spiro atoms. The number of fused-ring (bicyclic) bond motifs is 1. The van der Waals surface area contributed by atoms with Gasteiger partial charge in [-0.05, 0) is 36.8 Å². The van der Waals surface area contributed by atoms with Crippen molar-refractivity contribution in [1.82, 2.24) is 20.3 Å². The topological polar surface area (TPSA) is 86.1 Å². The van der Waals surface area contributed by atoms with Crippen molar-refractivity contribution in [2.45, 2.75) is 26.1 Å². The minimum atomic E-state index is -0.960. The summed E-state index contributed by atoms with van der Waals surface area (Å²) in [4.78, 5) is 24.1. The van der Waals surface area contributed by atoms with Gasteiger partial charge in [0.1, 0.15) is 17.9 Å². The fourth-order valence-electron chi connectivity index (χ4n) is 2.38. The van der Waals surface area contributed by atoms with Crippen LogP contribution in [0.25, 0.3) is 11.0 Å². The maximum atomic E-state index is 12.9. The third-order valence-corrected chi connectivity index (χ3v) is 3.76. The second-order valence-electron chi connectivity index (χ2n) is 5.71. The Morgan fingerprint density at radius 3 is 2.69 bits per heavy atom. The van der Waals surface area contributed by atoms with Crippen molar-refractivity contribution in [3.63, 3.8) is 0 Å². The Bertz CT molecular complexity index is 924. The van der Waals surface area contributed by atoms with Gasteiger partial charge in [0.05, 0.1) is 5.52 Å². The van der Waals surface area contributed by atoms with Gasteiger partial charge in [-0.15, -0.1) is 5.10 Å². The molecule has 1 atom stereocenters. The number of aromatic nitrogens is 3. The molecular formula is C18H17FN4O3. The number of amides is 1. The molecular weight excluding hydrogens is 339 g/mol. The quantitative estimate of drug-likeness (QED) is 0.681. The number of carbonyl (C=O) groups is 2. The highest BCUT2D eigenvalue weighted by atomic mass is 19.1. The average Bonchev–Trinajstić information content (AvgIpc) is 3.04. The lowest BCUT2D eigenvalue weighted by Crippen LogP contribution is -2.36. The predicted molar refractivity (Wildman–Crippen MR) is 91.3 cm³/mol. The Balaban J connectivity index is 1.51. The minimum absolute atomic E-state index is 0.143. The van der Waals surface area contributed by atoms with Crippen molar-refractivity contribution in [1.29, 1.82) is 0 Å². The fourth-order valence-corrected chi connectivity index (χ4v) is 2.38. The molecule has 134 valence electrons. The van der Waals surface area contributed by atoms with Crippen molar-refractivity contribution in [3.8, 4) is 0 Å². The number of nitrogens with zero attached hydrogens (tertiary/aromatic N) is 3. The van der Waals surface area contributed by atoms with E-state index in [1.54, 1.807) is 24.3 Å². The highest BCUT2D eigenvalue weighted by Gasteiger charge is 2.18. The van der Waals surface area contributed by atoms with Crippen LogP contribution < -0.4 is 5.32 Å². The molecule has 3 rings (SSSR count). The maximum Gasteiger partial charge on any atom is 0.328 e. The monoisotopic (exact) mass is 356 g/mol. The first-order chi connectivity index (χ1) is 12.5. The van der Waals surface area contributed by atoms with E-state index in [9.17, 15) is 14.0 Å². The smallest absolute Gasteiger partial charge is 0.328 e. The highest BCUT2D eigenvalue weighted by molar-refractivity contribution is 5.83. The summed E-state index contributed by atoms with van der Waals surface area (Å²) in [5, 5.41) is 10.5. The van der Waals surface area contributed by atoms with Crippen LogP contribution in [-0.4, -0.2) is 33.0 Å². The molecule has 0 bridgehead atoms. The average molecular weight is 356 g/mol. The number of nitrogens with one attached hydrogen (secondary N) is 1. The highest BCUT2D eigenvalue weighted by Crippen LogP contribution is 2.10. The van der Waals surface area contributed by atoms with E-state index < -0.39 is 18.0 Å². The van der Waals surface area contributed by atoms with Gasteiger partial charge in [0.25, 0.3) is 5.91 Å². The lowest BCUT2D eigenvalue weighted by Gasteiger charge is -2.13.